The molecule has 0 saturated carbocycles. The second-order valence-corrected chi connectivity index (χ2v) is 7.02. The van der Waals surface area contributed by atoms with Crippen molar-refractivity contribution < 1.29 is 13.6 Å². The molecule has 6 nitrogen and oxygen atoms in total. The molecular weight excluding hydrogens is 376 g/mol. The molecule has 1 unspecified atom stereocenters. The third-order valence-electron chi connectivity index (χ3n) is 5.07. The molecule has 3 heterocycles. The first-order valence-electron chi connectivity index (χ1n) is 9.11. The summed E-state index contributed by atoms with van der Waals surface area (Å²) >= 11 is 0. The van der Waals surface area contributed by atoms with E-state index >= 15 is 0 Å². The van der Waals surface area contributed by atoms with Crippen LogP contribution >= 0.6 is 0 Å². The van der Waals surface area contributed by atoms with Gasteiger partial charge in [-0.05, 0) is 36.8 Å². The number of benzene rings is 1. The van der Waals surface area contributed by atoms with E-state index in [1.807, 2.05) is 11.6 Å². The van der Waals surface area contributed by atoms with Crippen LogP contribution in [0.4, 0.5) is 8.78 Å². The number of halogens is 2. The number of nitriles is 1. The van der Waals surface area contributed by atoms with Gasteiger partial charge in [-0.15, -0.1) is 0 Å². The van der Waals surface area contributed by atoms with Gasteiger partial charge in [-0.2, -0.15) is 10.4 Å². The van der Waals surface area contributed by atoms with Gasteiger partial charge in [0.25, 0.3) is 0 Å². The summed E-state index contributed by atoms with van der Waals surface area (Å²) in [6, 6.07) is 8.75. The van der Waals surface area contributed by atoms with Gasteiger partial charge in [-0.25, -0.2) is 8.78 Å². The molecule has 0 spiro atoms. The Hall–Kier alpha value is -3.60. The van der Waals surface area contributed by atoms with Gasteiger partial charge in [-0.1, -0.05) is 6.07 Å². The monoisotopic (exact) mass is 393 g/mol. The highest BCUT2D eigenvalue weighted by molar-refractivity contribution is 5.79. The predicted molar refractivity (Wildman–Crippen MR) is 100 cm³/mol. The zero-order valence-electron chi connectivity index (χ0n) is 15.6. The number of nitrogens with zero attached hydrogens (tertiary/aromatic N) is 5. The molecule has 1 amide bonds. The van der Waals surface area contributed by atoms with Gasteiger partial charge in [0.2, 0.25) is 5.91 Å². The van der Waals surface area contributed by atoms with Crippen LogP contribution in [0.3, 0.4) is 0 Å². The molecule has 3 aromatic rings. The van der Waals surface area contributed by atoms with Crippen molar-refractivity contribution in [2.24, 2.45) is 0 Å². The van der Waals surface area contributed by atoms with Crippen LogP contribution in [0.2, 0.25) is 0 Å². The molecule has 0 fully saturated rings. The number of fused-ring (bicyclic) bond motifs is 1. The maximum absolute atomic E-state index is 13.5. The highest BCUT2D eigenvalue weighted by Gasteiger charge is 2.30. The zero-order chi connectivity index (χ0) is 20.5. The Kier molecular flexibility index (Phi) is 4.80. The van der Waals surface area contributed by atoms with Crippen LogP contribution in [0.25, 0.3) is 11.3 Å². The fourth-order valence-corrected chi connectivity index (χ4v) is 3.53. The van der Waals surface area contributed by atoms with Crippen LogP contribution in [-0.4, -0.2) is 31.6 Å². The molecule has 1 aliphatic heterocycles. The SMILES string of the molecule is CC1Cn2ncc(-c3ccc(F)cn3)c2CN1C(=O)Cc1ccc(F)c(C#N)c1. The third kappa shape index (κ3) is 3.59. The van der Waals surface area contributed by atoms with Crippen molar-refractivity contribution in [1.82, 2.24) is 19.7 Å². The van der Waals surface area contributed by atoms with Gasteiger partial charge < -0.3 is 4.90 Å². The molecule has 4 rings (SSSR count). The molecule has 0 bridgehead atoms. The first-order valence-corrected chi connectivity index (χ1v) is 9.11. The summed E-state index contributed by atoms with van der Waals surface area (Å²) in [7, 11) is 0. The second kappa shape index (κ2) is 7.43. The van der Waals surface area contributed by atoms with Crippen molar-refractivity contribution in [3.8, 4) is 17.3 Å². The lowest BCUT2D eigenvalue weighted by Gasteiger charge is -2.34. The Morgan fingerprint density at radius 2 is 2.10 bits per heavy atom. The fraction of sp³-hybridized carbons (Fsp3) is 0.238. The Morgan fingerprint density at radius 3 is 2.83 bits per heavy atom. The van der Waals surface area contributed by atoms with Crippen LogP contribution in [0.15, 0.2) is 42.7 Å². The summed E-state index contributed by atoms with van der Waals surface area (Å²) in [5.74, 6) is -1.15. The molecule has 0 radical (unpaired) electrons. The minimum atomic E-state index is -0.601. The molecular formula is C21H17F2N5O. The van der Waals surface area contributed by atoms with Gasteiger partial charge in [0, 0.05) is 11.6 Å². The Labute approximate surface area is 166 Å². The molecule has 8 heteroatoms. The van der Waals surface area contributed by atoms with E-state index in [1.165, 1.54) is 24.3 Å². The van der Waals surface area contributed by atoms with Gasteiger partial charge in [0.15, 0.2) is 0 Å². The standard InChI is InChI=1S/C21H17F2N5O/c1-13-11-28-20(17(10-26-28)19-5-3-16(22)9-25-19)12-27(13)21(29)7-14-2-4-18(23)15(6-14)8-24/h2-6,9-10,13H,7,11-12H2,1H3. The molecule has 0 saturated heterocycles. The Bertz CT molecular complexity index is 1120. The zero-order valence-corrected chi connectivity index (χ0v) is 15.6. The lowest BCUT2D eigenvalue weighted by molar-refractivity contribution is -0.134. The van der Waals surface area contributed by atoms with Crippen molar-refractivity contribution in [3.63, 3.8) is 0 Å². The quantitative estimate of drug-likeness (QED) is 0.685. The average molecular weight is 393 g/mol. The molecule has 146 valence electrons. The molecule has 2 aromatic heterocycles. The Balaban J connectivity index is 1.58. The van der Waals surface area contributed by atoms with Gasteiger partial charge >= 0.3 is 0 Å². The highest BCUT2D eigenvalue weighted by Crippen LogP contribution is 2.28. The van der Waals surface area contributed by atoms with E-state index in [4.69, 9.17) is 5.26 Å². The largest absolute Gasteiger partial charge is 0.332 e. The maximum Gasteiger partial charge on any atom is 0.227 e. The minimum absolute atomic E-state index is 0.0670. The van der Waals surface area contributed by atoms with Crippen LogP contribution in [0.1, 0.15) is 23.7 Å². The van der Waals surface area contributed by atoms with Crippen LogP contribution in [-0.2, 0) is 24.3 Å². The number of aromatic nitrogens is 3. The number of rotatable bonds is 3. The van der Waals surface area contributed by atoms with E-state index in [0.717, 1.165) is 17.5 Å². The minimum Gasteiger partial charge on any atom is -0.332 e. The topological polar surface area (TPSA) is 74.8 Å². The summed E-state index contributed by atoms with van der Waals surface area (Å²) in [5.41, 5.74) is 2.67. The number of hydrogen-bond donors (Lipinski definition) is 0. The third-order valence-corrected chi connectivity index (χ3v) is 5.07. The predicted octanol–water partition coefficient (Wildman–Crippen LogP) is 3.07. The van der Waals surface area contributed by atoms with Crippen molar-refractivity contribution in [2.45, 2.75) is 32.5 Å². The number of carbonyl (C=O) groups is 1. The number of hydrogen-bond acceptors (Lipinski definition) is 4. The second-order valence-electron chi connectivity index (χ2n) is 7.02. The molecule has 29 heavy (non-hydrogen) atoms. The first kappa shape index (κ1) is 18.7. The van der Waals surface area contributed by atoms with Crippen molar-refractivity contribution in [2.75, 3.05) is 0 Å². The average Bonchev–Trinajstić information content (AvgIpc) is 3.12. The number of amides is 1. The molecule has 1 aromatic carbocycles. The fourth-order valence-electron chi connectivity index (χ4n) is 3.53. The van der Waals surface area contributed by atoms with E-state index in [9.17, 15) is 13.6 Å². The van der Waals surface area contributed by atoms with E-state index in [2.05, 4.69) is 10.1 Å². The van der Waals surface area contributed by atoms with Crippen molar-refractivity contribution >= 4 is 5.91 Å². The highest BCUT2D eigenvalue weighted by atomic mass is 19.1. The summed E-state index contributed by atoms with van der Waals surface area (Å²) in [6.07, 6.45) is 2.89. The van der Waals surface area contributed by atoms with E-state index < -0.39 is 11.6 Å². The maximum atomic E-state index is 13.5. The number of pyridine rings is 1. The van der Waals surface area contributed by atoms with Gasteiger partial charge in [0.05, 0.1) is 48.9 Å². The van der Waals surface area contributed by atoms with Gasteiger partial charge in [0.1, 0.15) is 17.7 Å². The molecule has 0 N–H and O–H groups in total. The summed E-state index contributed by atoms with van der Waals surface area (Å²) in [6.45, 7) is 2.79. The van der Waals surface area contributed by atoms with Crippen LogP contribution in [0.5, 0.6) is 0 Å². The van der Waals surface area contributed by atoms with Crippen molar-refractivity contribution in [1.29, 1.82) is 5.26 Å². The summed E-state index contributed by atoms with van der Waals surface area (Å²) in [4.78, 5) is 18.8. The van der Waals surface area contributed by atoms with E-state index in [-0.39, 0.29) is 23.9 Å². The van der Waals surface area contributed by atoms with Crippen molar-refractivity contribution in [3.05, 3.63) is 71.2 Å². The van der Waals surface area contributed by atoms with Crippen LogP contribution in [0, 0.1) is 23.0 Å². The summed E-state index contributed by atoms with van der Waals surface area (Å²) in [5, 5.41) is 13.4. The normalized spacial score (nSPS) is 15.7. The lowest BCUT2D eigenvalue weighted by atomic mass is 10.0. The van der Waals surface area contributed by atoms with E-state index in [0.29, 0.717) is 24.3 Å². The summed E-state index contributed by atoms with van der Waals surface area (Å²) < 4.78 is 28.6. The first-order chi connectivity index (χ1) is 14.0. The smallest absolute Gasteiger partial charge is 0.227 e. The Morgan fingerprint density at radius 1 is 1.28 bits per heavy atom. The molecule has 1 aliphatic rings. The lowest BCUT2D eigenvalue weighted by Crippen LogP contribution is -2.45. The van der Waals surface area contributed by atoms with Crippen LogP contribution < -0.4 is 0 Å². The molecule has 0 aliphatic carbocycles. The van der Waals surface area contributed by atoms with Gasteiger partial charge in [-0.3, -0.25) is 14.5 Å². The molecule has 1 atom stereocenters. The number of carbonyl (C=O) groups excluding carboxylic acids is 1. The van der Waals surface area contributed by atoms with E-state index in [1.54, 1.807) is 23.2 Å².